The molecule has 0 bridgehead atoms. The Morgan fingerprint density at radius 2 is 2.08 bits per heavy atom. The molecular formula is C18H31N5O. The highest BCUT2D eigenvalue weighted by atomic mass is 16.2. The number of hydrogen-bond donors (Lipinski definition) is 0. The van der Waals surface area contributed by atoms with Crippen LogP contribution in [0, 0.1) is 5.92 Å². The minimum Gasteiger partial charge on any atom is -0.342 e. The summed E-state index contributed by atoms with van der Waals surface area (Å²) in [6.07, 6.45) is 5.06. The Morgan fingerprint density at radius 3 is 2.83 bits per heavy atom. The largest absolute Gasteiger partial charge is 0.342 e. The fourth-order valence-electron chi connectivity index (χ4n) is 4.22. The van der Waals surface area contributed by atoms with E-state index in [-0.39, 0.29) is 5.91 Å². The number of imidazole rings is 1. The van der Waals surface area contributed by atoms with Gasteiger partial charge in [0.15, 0.2) is 0 Å². The van der Waals surface area contributed by atoms with E-state index in [4.69, 9.17) is 0 Å². The molecule has 0 aliphatic carbocycles. The molecule has 6 heteroatoms. The maximum atomic E-state index is 11.6. The summed E-state index contributed by atoms with van der Waals surface area (Å²) in [5.41, 5.74) is 0. The summed E-state index contributed by atoms with van der Waals surface area (Å²) in [5.74, 6) is 2.05. The number of amides is 1. The first-order chi connectivity index (χ1) is 11.6. The van der Waals surface area contributed by atoms with Crippen molar-refractivity contribution in [1.82, 2.24) is 24.3 Å². The van der Waals surface area contributed by atoms with Crippen LogP contribution in [0.1, 0.15) is 33.0 Å². The van der Waals surface area contributed by atoms with Crippen LogP contribution in [0.15, 0.2) is 12.4 Å². The zero-order valence-corrected chi connectivity index (χ0v) is 15.3. The van der Waals surface area contributed by atoms with Gasteiger partial charge in [-0.25, -0.2) is 4.98 Å². The van der Waals surface area contributed by atoms with Crippen molar-refractivity contribution >= 4 is 5.91 Å². The lowest BCUT2D eigenvalue weighted by Crippen LogP contribution is -2.43. The predicted molar refractivity (Wildman–Crippen MR) is 94.6 cm³/mol. The van der Waals surface area contributed by atoms with Crippen molar-refractivity contribution in [2.24, 2.45) is 5.92 Å². The molecule has 134 valence electrons. The van der Waals surface area contributed by atoms with Gasteiger partial charge in [-0.15, -0.1) is 0 Å². The molecule has 0 unspecified atom stereocenters. The third-order valence-electron chi connectivity index (χ3n) is 5.60. The summed E-state index contributed by atoms with van der Waals surface area (Å²) < 4.78 is 2.23. The second-order valence-electron chi connectivity index (χ2n) is 7.26. The van der Waals surface area contributed by atoms with E-state index in [0.29, 0.717) is 12.0 Å². The molecule has 2 atom stereocenters. The highest BCUT2D eigenvalue weighted by molar-refractivity contribution is 5.73. The summed E-state index contributed by atoms with van der Waals surface area (Å²) in [7, 11) is 0. The van der Waals surface area contributed by atoms with Crippen molar-refractivity contribution in [3.05, 3.63) is 18.2 Å². The zero-order chi connectivity index (χ0) is 17.1. The highest BCUT2D eigenvalue weighted by Gasteiger charge is 2.35. The minimum absolute atomic E-state index is 0.212. The van der Waals surface area contributed by atoms with Crippen LogP contribution in [-0.2, 0) is 17.9 Å². The molecule has 3 heterocycles. The zero-order valence-electron chi connectivity index (χ0n) is 15.3. The molecule has 2 saturated heterocycles. The Hall–Kier alpha value is -1.40. The van der Waals surface area contributed by atoms with Crippen molar-refractivity contribution < 1.29 is 4.79 Å². The van der Waals surface area contributed by atoms with E-state index in [2.05, 4.69) is 39.4 Å². The van der Waals surface area contributed by atoms with E-state index in [9.17, 15) is 4.79 Å². The molecule has 24 heavy (non-hydrogen) atoms. The molecule has 0 aromatic carbocycles. The summed E-state index contributed by atoms with van der Waals surface area (Å²) in [5, 5.41) is 0. The van der Waals surface area contributed by atoms with E-state index >= 15 is 0 Å². The van der Waals surface area contributed by atoms with E-state index in [0.717, 1.165) is 58.8 Å². The van der Waals surface area contributed by atoms with Gasteiger partial charge in [0.25, 0.3) is 0 Å². The fourth-order valence-corrected chi connectivity index (χ4v) is 4.22. The van der Waals surface area contributed by atoms with Gasteiger partial charge in [0.2, 0.25) is 5.91 Å². The average Bonchev–Trinajstić information content (AvgIpc) is 3.05. The number of aryl methyl sites for hydroxylation is 1. The second kappa shape index (κ2) is 7.66. The molecule has 0 saturated carbocycles. The lowest BCUT2D eigenvalue weighted by atomic mass is 10.0. The van der Waals surface area contributed by atoms with Gasteiger partial charge in [0, 0.05) is 71.2 Å². The van der Waals surface area contributed by atoms with Crippen LogP contribution < -0.4 is 0 Å². The third-order valence-corrected chi connectivity index (χ3v) is 5.60. The van der Waals surface area contributed by atoms with Crippen molar-refractivity contribution in [1.29, 1.82) is 0 Å². The maximum Gasteiger partial charge on any atom is 0.219 e. The number of likely N-dealkylation sites (tertiary alicyclic amines) is 1. The summed E-state index contributed by atoms with van der Waals surface area (Å²) in [6, 6.07) is 0.599. The molecule has 2 aliphatic heterocycles. The molecule has 0 spiro atoms. The average molecular weight is 333 g/mol. The van der Waals surface area contributed by atoms with Crippen LogP contribution in [0.5, 0.6) is 0 Å². The topological polar surface area (TPSA) is 44.6 Å². The molecule has 3 rings (SSSR count). The molecule has 2 fully saturated rings. The molecule has 0 N–H and O–H groups in total. The standard InChI is InChI=1S/C18H31N5O/c1-4-21-9-6-19-18(21)14-20-12-15(2)17(13-20)23-8-5-7-22(10-11-23)16(3)24/h6,9,15,17H,4-5,7-8,10-14H2,1-3H3/t15-,17+/m0/s1. The van der Waals surface area contributed by atoms with Gasteiger partial charge < -0.3 is 9.47 Å². The van der Waals surface area contributed by atoms with Crippen molar-refractivity contribution in [3.8, 4) is 0 Å². The first kappa shape index (κ1) is 17.4. The minimum atomic E-state index is 0.212. The Labute approximate surface area is 145 Å². The number of nitrogens with zero attached hydrogens (tertiary/aromatic N) is 5. The second-order valence-corrected chi connectivity index (χ2v) is 7.26. The Kier molecular flexibility index (Phi) is 5.56. The quantitative estimate of drug-likeness (QED) is 0.833. The molecule has 0 radical (unpaired) electrons. The van der Waals surface area contributed by atoms with Crippen LogP contribution in [0.3, 0.4) is 0 Å². The molecule has 1 aromatic heterocycles. The van der Waals surface area contributed by atoms with Gasteiger partial charge >= 0.3 is 0 Å². The van der Waals surface area contributed by atoms with Gasteiger partial charge in [-0.3, -0.25) is 14.6 Å². The van der Waals surface area contributed by atoms with E-state index in [1.165, 1.54) is 5.82 Å². The summed E-state index contributed by atoms with van der Waals surface area (Å²) >= 11 is 0. The molecular weight excluding hydrogens is 302 g/mol. The van der Waals surface area contributed by atoms with Crippen molar-refractivity contribution in [3.63, 3.8) is 0 Å². The SMILES string of the molecule is CCn1ccnc1CN1C[C@@H](N2CCCN(C(C)=O)CC2)[C@@H](C)C1. The molecule has 2 aliphatic rings. The van der Waals surface area contributed by atoms with Gasteiger partial charge in [0.1, 0.15) is 5.82 Å². The molecule has 6 nitrogen and oxygen atoms in total. The third kappa shape index (κ3) is 3.81. The van der Waals surface area contributed by atoms with Gasteiger partial charge in [-0.1, -0.05) is 6.92 Å². The first-order valence-electron chi connectivity index (χ1n) is 9.30. The summed E-state index contributed by atoms with van der Waals surface area (Å²) in [4.78, 5) is 23.3. The fraction of sp³-hybridized carbons (Fsp3) is 0.778. The van der Waals surface area contributed by atoms with Gasteiger partial charge in [0.05, 0.1) is 6.54 Å². The molecule has 1 aromatic rings. The Morgan fingerprint density at radius 1 is 1.25 bits per heavy atom. The molecule has 1 amide bonds. The normalized spacial score (nSPS) is 26.7. The number of rotatable bonds is 4. The Bertz CT molecular complexity index is 557. The highest BCUT2D eigenvalue weighted by Crippen LogP contribution is 2.24. The van der Waals surface area contributed by atoms with Crippen LogP contribution in [-0.4, -0.2) is 75.5 Å². The predicted octanol–water partition coefficient (Wildman–Crippen LogP) is 1.28. The number of carbonyl (C=O) groups is 1. The number of aromatic nitrogens is 2. The van der Waals surface area contributed by atoms with Crippen molar-refractivity contribution in [2.75, 3.05) is 39.3 Å². The van der Waals surface area contributed by atoms with Gasteiger partial charge in [-0.2, -0.15) is 0 Å². The van der Waals surface area contributed by atoms with Crippen LogP contribution in [0.25, 0.3) is 0 Å². The lowest BCUT2D eigenvalue weighted by Gasteiger charge is -2.30. The van der Waals surface area contributed by atoms with Crippen LogP contribution >= 0.6 is 0 Å². The van der Waals surface area contributed by atoms with E-state index in [1.807, 2.05) is 11.1 Å². The first-order valence-corrected chi connectivity index (χ1v) is 9.30. The number of hydrogen-bond acceptors (Lipinski definition) is 4. The Balaban J connectivity index is 1.58. The lowest BCUT2D eigenvalue weighted by molar-refractivity contribution is -0.128. The van der Waals surface area contributed by atoms with E-state index in [1.54, 1.807) is 6.92 Å². The van der Waals surface area contributed by atoms with Gasteiger partial charge in [-0.05, 0) is 19.3 Å². The van der Waals surface area contributed by atoms with Crippen LogP contribution in [0.4, 0.5) is 0 Å². The smallest absolute Gasteiger partial charge is 0.219 e. The summed E-state index contributed by atoms with van der Waals surface area (Å²) in [6.45, 7) is 14.3. The monoisotopic (exact) mass is 333 g/mol. The van der Waals surface area contributed by atoms with Crippen LogP contribution in [0.2, 0.25) is 0 Å². The number of carbonyl (C=O) groups excluding carboxylic acids is 1. The maximum absolute atomic E-state index is 11.6. The van der Waals surface area contributed by atoms with E-state index < -0.39 is 0 Å². The van der Waals surface area contributed by atoms with Crippen molar-refractivity contribution in [2.45, 2.75) is 46.3 Å².